The predicted molar refractivity (Wildman–Crippen MR) is 153 cm³/mol. The van der Waals surface area contributed by atoms with Crippen LogP contribution in [0.3, 0.4) is 0 Å². The molecule has 1 aromatic heterocycles. The van der Waals surface area contributed by atoms with Crippen molar-refractivity contribution in [2.75, 3.05) is 30.7 Å². The lowest BCUT2D eigenvalue weighted by Gasteiger charge is -2.25. The van der Waals surface area contributed by atoms with Crippen LogP contribution in [-0.2, 0) is 21.4 Å². The van der Waals surface area contributed by atoms with Gasteiger partial charge >= 0.3 is 0 Å². The first-order valence-corrected chi connectivity index (χ1v) is 14.9. The number of nitrogens with one attached hydrogen (secondary N) is 2. The fourth-order valence-corrected chi connectivity index (χ4v) is 5.71. The Bertz CT molecular complexity index is 1630. The molecule has 1 amide bonds. The fraction of sp³-hybridized carbons (Fsp3) is 0.310. The molecule has 210 valence electrons. The van der Waals surface area contributed by atoms with E-state index < -0.39 is 10.0 Å². The van der Waals surface area contributed by atoms with E-state index in [-0.39, 0.29) is 30.7 Å². The van der Waals surface area contributed by atoms with Gasteiger partial charge in [-0.15, -0.1) is 0 Å². The fourth-order valence-electron chi connectivity index (χ4n) is 4.77. The van der Waals surface area contributed by atoms with Gasteiger partial charge in [-0.2, -0.15) is 5.10 Å². The molecule has 9 nitrogen and oxygen atoms in total. The molecule has 0 bridgehead atoms. The average Bonchev–Trinajstić information content (AvgIpc) is 3.70. The van der Waals surface area contributed by atoms with E-state index in [0.717, 1.165) is 35.2 Å². The zero-order valence-electron chi connectivity index (χ0n) is 22.6. The Kier molecular flexibility index (Phi) is 7.77. The molecule has 0 radical (unpaired) electrons. The van der Waals surface area contributed by atoms with Gasteiger partial charge in [0.2, 0.25) is 15.9 Å². The second-order valence-electron chi connectivity index (χ2n) is 9.96. The quantitative estimate of drug-likeness (QED) is 0.278. The molecule has 0 unspecified atom stereocenters. The second kappa shape index (κ2) is 11.3. The lowest BCUT2D eigenvalue weighted by atomic mass is 10.0. The van der Waals surface area contributed by atoms with Crippen molar-refractivity contribution in [3.05, 3.63) is 77.7 Å². The molecule has 11 heteroatoms. The highest BCUT2D eigenvalue weighted by Gasteiger charge is 2.32. The van der Waals surface area contributed by atoms with Crippen LogP contribution in [0, 0.1) is 5.82 Å². The highest BCUT2D eigenvalue weighted by Crippen LogP contribution is 2.46. The number of halogens is 1. The largest absolute Gasteiger partial charge is 0.457 e. The van der Waals surface area contributed by atoms with Crippen LogP contribution in [0.5, 0.6) is 11.5 Å². The number of nitrogens with zero attached hydrogens (tertiary/aromatic N) is 3. The third kappa shape index (κ3) is 6.10. The molecule has 4 aromatic rings. The van der Waals surface area contributed by atoms with Crippen LogP contribution in [0.15, 0.2) is 60.7 Å². The summed E-state index contributed by atoms with van der Waals surface area (Å²) < 4.78 is 48.0. The normalized spacial score (nSPS) is 13.4. The first kappa shape index (κ1) is 27.6. The molecule has 1 fully saturated rings. The third-order valence-corrected chi connectivity index (χ3v) is 7.95. The summed E-state index contributed by atoms with van der Waals surface area (Å²) >= 11 is 0. The van der Waals surface area contributed by atoms with Gasteiger partial charge in [0.05, 0.1) is 35.4 Å². The van der Waals surface area contributed by atoms with Crippen molar-refractivity contribution in [3.8, 4) is 17.2 Å². The number of sulfonamides is 1. The summed E-state index contributed by atoms with van der Waals surface area (Å²) in [5, 5.41) is 11.7. The SMILES string of the molecule is CNCc1c2cc(C3CC3)c(N(CCNC(C)=O)S(C)(=O)=O)cc2nn1-c1ccc(Oc2ccc(F)cc2)cc1. The Morgan fingerprint density at radius 3 is 2.33 bits per heavy atom. The summed E-state index contributed by atoms with van der Waals surface area (Å²) in [6, 6.07) is 17.2. The molecule has 2 N–H and O–H groups in total. The maximum Gasteiger partial charge on any atom is 0.232 e. The molecular weight excluding hydrogens is 533 g/mol. The van der Waals surface area contributed by atoms with Crippen molar-refractivity contribution >= 4 is 32.5 Å². The Morgan fingerprint density at radius 1 is 1.10 bits per heavy atom. The first-order valence-electron chi connectivity index (χ1n) is 13.1. The number of carbonyl (C=O) groups is 1. The van der Waals surface area contributed by atoms with Crippen LogP contribution in [0.25, 0.3) is 16.6 Å². The molecule has 40 heavy (non-hydrogen) atoms. The highest BCUT2D eigenvalue weighted by molar-refractivity contribution is 7.92. The van der Waals surface area contributed by atoms with Gasteiger partial charge in [0.15, 0.2) is 0 Å². The lowest BCUT2D eigenvalue weighted by Crippen LogP contribution is -2.38. The molecular formula is C29H32FN5O4S. The molecule has 0 aliphatic heterocycles. The number of amides is 1. The highest BCUT2D eigenvalue weighted by atomic mass is 32.2. The second-order valence-corrected chi connectivity index (χ2v) is 11.9. The van der Waals surface area contributed by atoms with E-state index in [9.17, 15) is 17.6 Å². The summed E-state index contributed by atoms with van der Waals surface area (Å²) in [5.74, 6) is 0.868. The number of benzene rings is 3. The van der Waals surface area contributed by atoms with Crippen molar-refractivity contribution in [1.82, 2.24) is 20.4 Å². The van der Waals surface area contributed by atoms with E-state index in [1.54, 1.807) is 12.1 Å². The van der Waals surface area contributed by atoms with E-state index in [1.165, 1.54) is 29.6 Å². The van der Waals surface area contributed by atoms with Gasteiger partial charge in [-0.25, -0.2) is 17.5 Å². The van der Waals surface area contributed by atoms with Crippen LogP contribution in [0.4, 0.5) is 10.1 Å². The van der Waals surface area contributed by atoms with Crippen molar-refractivity contribution in [2.24, 2.45) is 0 Å². The number of hydrogen-bond acceptors (Lipinski definition) is 6. The monoisotopic (exact) mass is 565 g/mol. The number of anilines is 1. The third-order valence-electron chi connectivity index (χ3n) is 6.77. The van der Waals surface area contributed by atoms with Crippen LogP contribution in [0.1, 0.15) is 36.9 Å². The molecule has 3 aromatic carbocycles. The van der Waals surface area contributed by atoms with Gasteiger partial charge in [0.25, 0.3) is 0 Å². The topological polar surface area (TPSA) is 106 Å². The minimum atomic E-state index is -3.61. The molecule has 0 saturated heterocycles. The Balaban J connectivity index is 1.54. The first-order chi connectivity index (χ1) is 19.1. The zero-order chi connectivity index (χ0) is 28.4. The van der Waals surface area contributed by atoms with Crippen LogP contribution in [-0.4, -0.2) is 50.5 Å². The number of carbonyl (C=O) groups excluding carboxylic acids is 1. The summed E-state index contributed by atoms with van der Waals surface area (Å²) in [7, 11) is -1.74. The molecule has 0 spiro atoms. The number of rotatable bonds is 11. The van der Waals surface area contributed by atoms with Crippen LogP contribution >= 0.6 is 0 Å². The Morgan fingerprint density at radius 2 is 1.75 bits per heavy atom. The van der Waals surface area contributed by atoms with E-state index >= 15 is 0 Å². The van der Waals surface area contributed by atoms with Gasteiger partial charge in [-0.1, -0.05) is 0 Å². The van der Waals surface area contributed by atoms with Crippen LogP contribution < -0.4 is 19.7 Å². The number of fused-ring (bicyclic) bond motifs is 1. The van der Waals surface area contributed by atoms with E-state index in [0.29, 0.717) is 29.2 Å². The van der Waals surface area contributed by atoms with Crippen molar-refractivity contribution in [2.45, 2.75) is 32.2 Å². The van der Waals surface area contributed by atoms with Gasteiger partial charge in [-0.05, 0) is 92.0 Å². The predicted octanol–water partition coefficient (Wildman–Crippen LogP) is 4.46. The minimum Gasteiger partial charge on any atom is -0.457 e. The summed E-state index contributed by atoms with van der Waals surface area (Å²) in [6.07, 6.45) is 3.17. The summed E-state index contributed by atoms with van der Waals surface area (Å²) in [4.78, 5) is 11.4. The standard InChI is InChI=1S/C29H32FN5O4S/c1-19(36)32-14-15-34(40(3,37)38)28-17-27-26(16-25(28)20-4-5-20)29(18-31-2)35(33-27)22-8-12-24(13-9-22)39-23-10-6-21(30)7-11-23/h6-13,16-17,20,31H,4-5,14-15,18H2,1-3H3,(H,32,36). The average molecular weight is 566 g/mol. The Labute approximate surface area is 233 Å². The minimum absolute atomic E-state index is 0.128. The molecule has 1 heterocycles. The number of ether oxygens (including phenoxy) is 1. The van der Waals surface area contributed by atoms with Gasteiger partial charge in [-0.3, -0.25) is 9.10 Å². The summed E-state index contributed by atoms with van der Waals surface area (Å²) in [6.45, 7) is 2.29. The van der Waals surface area contributed by atoms with Gasteiger partial charge < -0.3 is 15.4 Å². The maximum absolute atomic E-state index is 13.2. The van der Waals surface area contributed by atoms with Gasteiger partial charge in [0.1, 0.15) is 17.3 Å². The van der Waals surface area contributed by atoms with E-state index in [4.69, 9.17) is 9.84 Å². The summed E-state index contributed by atoms with van der Waals surface area (Å²) in [5.41, 5.74) is 4.01. The lowest BCUT2D eigenvalue weighted by molar-refractivity contribution is -0.118. The number of hydrogen-bond donors (Lipinski definition) is 2. The van der Waals surface area contributed by atoms with E-state index in [2.05, 4.69) is 16.7 Å². The Hall–Kier alpha value is -3.96. The van der Waals surface area contributed by atoms with Crippen LogP contribution in [0.2, 0.25) is 0 Å². The van der Waals surface area contributed by atoms with E-state index in [1.807, 2.05) is 42.1 Å². The van der Waals surface area contributed by atoms with Crippen molar-refractivity contribution < 1.29 is 22.3 Å². The van der Waals surface area contributed by atoms with Gasteiger partial charge in [0, 0.05) is 25.4 Å². The molecule has 5 rings (SSSR count). The van der Waals surface area contributed by atoms with Crippen molar-refractivity contribution in [1.29, 1.82) is 0 Å². The van der Waals surface area contributed by atoms with Crippen molar-refractivity contribution in [3.63, 3.8) is 0 Å². The molecule has 1 aliphatic carbocycles. The molecule has 1 aliphatic rings. The smallest absolute Gasteiger partial charge is 0.232 e. The molecule has 1 saturated carbocycles. The maximum atomic E-state index is 13.2. The zero-order valence-corrected chi connectivity index (χ0v) is 23.5. The molecule has 0 atom stereocenters. The number of aromatic nitrogens is 2.